The second-order valence-electron chi connectivity index (χ2n) is 4.87. The lowest BCUT2D eigenvalue weighted by molar-refractivity contribution is -0.157. The van der Waals surface area contributed by atoms with Crippen LogP contribution in [0.1, 0.15) is 19.4 Å². The van der Waals surface area contributed by atoms with E-state index >= 15 is 0 Å². The van der Waals surface area contributed by atoms with Crippen molar-refractivity contribution in [1.82, 2.24) is 10.2 Å². The fourth-order valence-corrected chi connectivity index (χ4v) is 1.57. The maximum absolute atomic E-state index is 12.0. The summed E-state index contributed by atoms with van der Waals surface area (Å²) in [6.07, 6.45) is -0.678. The van der Waals surface area contributed by atoms with Gasteiger partial charge in [0.2, 0.25) is 0 Å². The average Bonchev–Trinajstić information content (AvgIpc) is 2.46. The van der Waals surface area contributed by atoms with Crippen LogP contribution in [0.5, 0.6) is 0 Å². The van der Waals surface area contributed by atoms with Crippen molar-refractivity contribution in [1.29, 1.82) is 0 Å². The molecule has 1 aromatic carbocycles. The summed E-state index contributed by atoms with van der Waals surface area (Å²) in [5, 5.41) is 2.54. The molecule has 1 rings (SSSR count). The van der Waals surface area contributed by atoms with Gasteiger partial charge in [0.25, 0.3) is 0 Å². The molecule has 6 heteroatoms. The number of carbonyl (C=O) groups is 2. The van der Waals surface area contributed by atoms with Gasteiger partial charge in [-0.25, -0.2) is 9.59 Å². The highest BCUT2D eigenvalue weighted by Gasteiger charge is 2.39. The third-order valence-electron chi connectivity index (χ3n) is 3.13. The Bertz CT molecular complexity index is 476. The first-order chi connectivity index (χ1) is 9.90. The average molecular weight is 294 g/mol. The lowest BCUT2D eigenvalue weighted by Crippen LogP contribution is -2.61. The summed E-state index contributed by atoms with van der Waals surface area (Å²) in [7, 11) is 3.35. The van der Waals surface area contributed by atoms with E-state index in [1.165, 1.54) is 0 Å². The summed E-state index contributed by atoms with van der Waals surface area (Å²) in [6, 6.07) is 9.30. The Morgan fingerprint density at radius 2 is 1.81 bits per heavy atom. The SMILES string of the molecule is CCOC(=O)[C@](C)(NC(=O)OCc1ccccc1)N(C)C. The van der Waals surface area contributed by atoms with E-state index in [2.05, 4.69) is 5.32 Å². The molecule has 0 aliphatic heterocycles. The van der Waals surface area contributed by atoms with Crippen LogP contribution >= 0.6 is 0 Å². The van der Waals surface area contributed by atoms with E-state index in [1.54, 1.807) is 32.8 Å². The van der Waals surface area contributed by atoms with E-state index in [9.17, 15) is 9.59 Å². The van der Waals surface area contributed by atoms with Crippen LogP contribution in [0.4, 0.5) is 4.79 Å². The standard InChI is InChI=1S/C15H22N2O4/c1-5-20-13(18)15(2,17(3)4)16-14(19)21-11-12-9-7-6-8-10-12/h6-10H,5,11H2,1-4H3,(H,16,19)/t15-/m1/s1. The quantitative estimate of drug-likeness (QED) is 0.639. The number of likely N-dealkylation sites (N-methyl/N-ethyl adjacent to an activating group) is 1. The number of rotatable bonds is 6. The summed E-state index contributed by atoms with van der Waals surface area (Å²) < 4.78 is 10.1. The maximum Gasteiger partial charge on any atom is 0.409 e. The Hall–Kier alpha value is -2.08. The van der Waals surface area contributed by atoms with Crippen LogP contribution in [-0.2, 0) is 20.9 Å². The third-order valence-corrected chi connectivity index (χ3v) is 3.13. The lowest BCUT2D eigenvalue weighted by Gasteiger charge is -2.33. The van der Waals surface area contributed by atoms with Gasteiger partial charge in [-0.3, -0.25) is 10.2 Å². The van der Waals surface area contributed by atoms with Gasteiger partial charge in [-0.15, -0.1) is 0 Å². The molecule has 0 fully saturated rings. The number of carbonyl (C=O) groups excluding carboxylic acids is 2. The summed E-state index contributed by atoms with van der Waals surface area (Å²) in [6.45, 7) is 3.65. The van der Waals surface area contributed by atoms with Gasteiger partial charge in [-0.1, -0.05) is 30.3 Å². The third kappa shape index (κ3) is 4.75. The van der Waals surface area contributed by atoms with Gasteiger partial charge in [0.15, 0.2) is 5.66 Å². The fraction of sp³-hybridized carbons (Fsp3) is 0.467. The molecular weight excluding hydrogens is 272 g/mol. The molecule has 0 aromatic heterocycles. The summed E-state index contributed by atoms with van der Waals surface area (Å²) in [5.41, 5.74) is -0.403. The van der Waals surface area contributed by atoms with Crippen molar-refractivity contribution in [2.45, 2.75) is 26.1 Å². The van der Waals surface area contributed by atoms with Crippen molar-refractivity contribution in [2.24, 2.45) is 0 Å². The molecule has 0 aliphatic rings. The topological polar surface area (TPSA) is 67.9 Å². The second-order valence-corrected chi connectivity index (χ2v) is 4.87. The molecule has 0 unspecified atom stereocenters. The Morgan fingerprint density at radius 3 is 2.33 bits per heavy atom. The molecule has 1 aromatic rings. The molecule has 1 atom stereocenters. The van der Waals surface area contributed by atoms with Crippen LogP contribution in [0.3, 0.4) is 0 Å². The van der Waals surface area contributed by atoms with Crippen molar-refractivity contribution < 1.29 is 19.1 Å². The smallest absolute Gasteiger partial charge is 0.409 e. The molecule has 0 aliphatic carbocycles. The number of hydrogen-bond donors (Lipinski definition) is 1. The highest BCUT2D eigenvalue weighted by atomic mass is 16.6. The van der Waals surface area contributed by atoms with Crippen LogP contribution in [0.25, 0.3) is 0 Å². The zero-order valence-electron chi connectivity index (χ0n) is 12.9. The molecular formula is C15H22N2O4. The van der Waals surface area contributed by atoms with E-state index in [0.29, 0.717) is 0 Å². The molecule has 6 nitrogen and oxygen atoms in total. The van der Waals surface area contributed by atoms with Crippen LogP contribution in [0, 0.1) is 0 Å². The predicted octanol–water partition coefficient (Wildman–Crippen LogP) is 1.75. The first-order valence-corrected chi connectivity index (χ1v) is 6.73. The number of esters is 1. The van der Waals surface area contributed by atoms with E-state index in [4.69, 9.17) is 9.47 Å². The van der Waals surface area contributed by atoms with Gasteiger partial charge in [0.1, 0.15) is 6.61 Å². The van der Waals surface area contributed by atoms with Crippen molar-refractivity contribution in [3.8, 4) is 0 Å². The number of benzene rings is 1. The number of ether oxygens (including phenoxy) is 2. The monoisotopic (exact) mass is 294 g/mol. The maximum atomic E-state index is 12.0. The zero-order chi connectivity index (χ0) is 15.9. The Labute approximate surface area is 125 Å². The molecule has 1 amide bonds. The van der Waals surface area contributed by atoms with Crippen LogP contribution in [-0.4, -0.2) is 43.3 Å². The minimum atomic E-state index is -1.27. The Balaban J connectivity index is 2.63. The van der Waals surface area contributed by atoms with Crippen molar-refractivity contribution in [3.05, 3.63) is 35.9 Å². The van der Waals surface area contributed by atoms with Gasteiger partial charge in [0, 0.05) is 0 Å². The Kier molecular flexibility index (Phi) is 6.17. The molecule has 0 saturated heterocycles. The first kappa shape index (κ1) is 17.0. The van der Waals surface area contributed by atoms with Gasteiger partial charge in [-0.05, 0) is 33.5 Å². The first-order valence-electron chi connectivity index (χ1n) is 6.73. The van der Waals surface area contributed by atoms with E-state index < -0.39 is 17.7 Å². The minimum absolute atomic E-state index is 0.138. The van der Waals surface area contributed by atoms with Gasteiger partial charge >= 0.3 is 12.1 Å². The van der Waals surface area contributed by atoms with Crippen molar-refractivity contribution in [3.63, 3.8) is 0 Å². The Morgan fingerprint density at radius 1 is 1.19 bits per heavy atom. The van der Waals surface area contributed by atoms with Crippen molar-refractivity contribution in [2.75, 3.05) is 20.7 Å². The highest BCUT2D eigenvalue weighted by molar-refractivity contribution is 5.84. The number of nitrogens with zero attached hydrogens (tertiary/aromatic N) is 1. The van der Waals surface area contributed by atoms with Crippen LogP contribution in [0.15, 0.2) is 30.3 Å². The number of nitrogens with one attached hydrogen (secondary N) is 1. The largest absolute Gasteiger partial charge is 0.463 e. The molecule has 0 spiro atoms. The molecule has 0 saturated carbocycles. The number of hydrogen-bond acceptors (Lipinski definition) is 5. The van der Waals surface area contributed by atoms with Crippen LogP contribution in [0.2, 0.25) is 0 Å². The minimum Gasteiger partial charge on any atom is -0.463 e. The molecule has 0 bridgehead atoms. The lowest BCUT2D eigenvalue weighted by atomic mass is 10.2. The summed E-state index contributed by atoms with van der Waals surface area (Å²) in [4.78, 5) is 25.4. The van der Waals surface area contributed by atoms with Gasteiger partial charge in [-0.2, -0.15) is 0 Å². The highest BCUT2D eigenvalue weighted by Crippen LogP contribution is 2.11. The summed E-state index contributed by atoms with van der Waals surface area (Å²) >= 11 is 0. The normalized spacial score (nSPS) is 13.4. The predicted molar refractivity (Wildman–Crippen MR) is 78.5 cm³/mol. The molecule has 21 heavy (non-hydrogen) atoms. The zero-order valence-corrected chi connectivity index (χ0v) is 12.9. The fourth-order valence-electron chi connectivity index (χ4n) is 1.57. The molecule has 1 N–H and O–H groups in total. The number of amides is 1. The molecule has 0 heterocycles. The molecule has 0 radical (unpaired) electrons. The number of alkyl carbamates (subject to hydrolysis) is 1. The second kappa shape index (κ2) is 7.64. The summed E-state index contributed by atoms with van der Waals surface area (Å²) in [5.74, 6) is -0.535. The van der Waals surface area contributed by atoms with Gasteiger partial charge < -0.3 is 9.47 Å². The van der Waals surface area contributed by atoms with E-state index in [0.717, 1.165) is 5.56 Å². The van der Waals surface area contributed by atoms with Gasteiger partial charge in [0.05, 0.1) is 6.61 Å². The molecule has 116 valence electrons. The van der Waals surface area contributed by atoms with E-state index in [-0.39, 0.29) is 13.2 Å². The van der Waals surface area contributed by atoms with E-state index in [1.807, 2.05) is 30.3 Å². The van der Waals surface area contributed by atoms with Crippen molar-refractivity contribution >= 4 is 12.1 Å². The van der Waals surface area contributed by atoms with Crippen LogP contribution < -0.4 is 5.32 Å².